The zero-order valence-electron chi connectivity index (χ0n) is 12.5. The van der Waals surface area contributed by atoms with Gasteiger partial charge in [-0.1, -0.05) is 33.1 Å². The first-order valence-electron chi connectivity index (χ1n) is 7.17. The third-order valence-electron chi connectivity index (χ3n) is 3.08. The summed E-state index contributed by atoms with van der Waals surface area (Å²) < 4.78 is 10.0. The number of methoxy groups -OCH3 is 1. The highest BCUT2D eigenvalue weighted by molar-refractivity contribution is 5.71. The second kappa shape index (κ2) is 12.4. The molecule has 0 spiro atoms. The molecule has 0 heterocycles. The van der Waals surface area contributed by atoms with E-state index in [4.69, 9.17) is 4.74 Å². The van der Waals surface area contributed by atoms with Crippen molar-refractivity contribution in [2.24, 2.45) is 5.92 Å². The van der Waals surface area contributed by atoms with Gasteiger partial charge in [0.25, 0.3) is 0 Å². The molecular weight excluding hydrogens is 246 g/mol. The number of nitrogens with one attached hydrogen (secondary N) is 1. The van der Waals surface area contributed by atoms with Crippen molar-refractivity contribution in [1.29, 1.82) is 0 Å². The predicted octanol–water partition coefficient (Wildman–Crippen LogP) is 1.34. The van der Waals surface area contributed by atoms with Gasteiger partial charge in [-0.15, -0.1) is 0 Å². The van der Waals surface area contributed by atoms with Crippen LogP contribution in [-0.4, -0.2) is 50.6 Å². The van der Waals surface area contributed by atoms with Gasteiger partial charge in [0.1, 0.15) is 0 Å². The van der Waals surface area contributed by atoms with Crippen LogP contribution in [0.5, 0.6) is 0 Å². The van der Waals surface area contributed by atoms with Crippen LogP contribution in [0.25, 0.3) is 0 Å². The first-order valence-corrected chi connectivity index (χ1v) is 7.17. The smallest absolute Gasteiger partial charge is 0.319 e. The molecule has 19 heavy (non-hydrogen) atoms. The monoisotopic (exact) mass is 275 g/mol. The van der Waals surface area contributed by atoms with Gasteiger partial charge in [0.15, 0.2) is 0 Å². The molecule has 0 aromatic carbocycles. The number of ether oxygens (including phenoxy) is 2. The van der Waals surface area contributed by atoms with Gasteiger partial charge >= 0.3 is 5.97 Å². The highest BCUT2D eigenvalue weighted by Crippen LogP contribution is 2.12. The molecule has 0 aliphatic rings. The molecular formula is C14H29NO4. The topological polar surface area (TPSA) is 67.8 Å². The molecule has 0 fully saturated rings. The maximum absolute atomic E-state index is 10.8. The molecule has 114 valence electrons. The lowest BCUT2D eigenvalue weighted by Crippen LogP contribution is -2.34. The number of esters is 1. The number of carbonyl (C=O) groups excluding carboxylic acids is 1. The van der Waals surface area contributed by atoms with E-state index in [-0.39, 0.29) is 12.5 Å². The Kier molecular flexibility index (Phi) is 12.0. The maximum atomic E-state index is 10.8. The Morgan fingerprint density at radius 2 is 2.05 bits per heavy atom. The number of rotatable bonds is 12. The van der Waals surface area contributed by atoms with Crippen LogP contribution in [0.4, 0.5) is 0 Å². The lowest BCUT2D eigenvalue weighted by Gasteiger charge is -2.17. The van der Waals surface area contributed by atoms with Crippen molar-refractivity contribution in [3.63, 3.8) is 0 Å². The summed E-state index contributed by atoms with van der Waals surface area (Å²) in [6.07, 6.45) is 4.13. The van der Waals surface area contributed by atoms with E-state index in [1.54, 1.807) is 0 Å². The number of aliphatic hydroxyl groups is 1. The molecule has 2 atom stereocenters. The van der Waals surface area contributed by atoms with Crippen molar-refractivity contribution in [2.75, 3.05) is 33.4 Å². The van der Waals surface area contributed by atoms with E-state index in [9.17, 15) is 9.90 Å². The minimum atomic E-state index is -0.590. The largest absolute Gasteiger partial charge is 0.468 e. The van der Waals surface area contributed by atoms with E-state index < -0.39 is 6.10 Å². The first kappa shape index (κ1) is 18.4. The fraction of sp³-hybridized carbons (Fsp3) is 0.929. The van der Waals surface area contributed by atoms with Crippen molar-refractivity contribution in [3.8, 4) is 0 Å². The van der Waals surface area contributed by atoms with Crippen molar-refractivity contribution in [2.45, 2.75) is 45.6 Å². The van der Waals surface area contributed by atoms with Crippen LogP contribution >= 0.6 is 0 Å². The lowest BCUT2D eigenvalue weighted by molar-refractivity contribution is -0.139. The van der Waals surface area contributed by atoms with Crippen LogP contribution in [-0.2, 0) is 14.3 Å². The molecule has 0 amide bonds. The van der Waals surface area contributed by atoms with Gasteiger partial charge in [-0.05, 0) is 12.3 Å². The minimum absolute atomic E-state index is 0.113. The average molecular weight is 275 g/mol. The van der Waals surface area contributed by atoms with Crippen molar-refractivity contribution < 1.29 is 19.4 Å². The van der Waals surface area contributed by atoms with Crippen LogP contribution in [0.15, 0.2) is 0 Å². The summed E-state index contributed by atoms with van der Waals surface area (Å²) >= 11 is 0. The van der Waals surface area contributed by atoms with Crippen LogP contribution in [0.1, 0.15) is 39.5 Å². The summed E-state index contributed by atoms with van der Waals surface area (Å²) in [5.74, 6) is 0.244. The van der Waals surface area contributed by atoms with Gasteiger partial charge < -0.3 is 19.9 Å². The minimum Gasteiger partial charge on any atom is -0.468 e. The first-order chi connectivity index (χ1) is 9.13. The lowest BCUT2D eigenvalue weighted by atomic mass is 10.0. The molecule has 0 rings (SSSR count). The van der Waals surface area contributed by atoms with E-state index in [1.807, 2.05) is 0 Å². The zero-order chi connectivity index (χ0) is 14.5. The van der Waals surface area contributed by atoms with Crippen LogP contribution in [0.3, 0.4) is 0 Å². The number of aliphatic hydroxyl groups excluding tert-OH is 1. The molecule has 0 aromatic rings. The second-order valence-corrected chi connectivity index (χ2v) is 4.81. The third-order valence-corrected chi connectivity index (χ3v) is 3.08. The summed E-state index contributed by atoms with van der Waals surface area (Å²) in [7, 11) is 1.34. The van der Waals surface area contributed by atoms with E-state index in [2.05, 4.69) is 23.9 Å². The Bertz CT molecular complexity index is 223. The quantitative estimate of drug-likeness (QED) is 0.526. The van der Waals surface area contributed by atoms with Crippen molar-refractivity contribution in [1.82, 2.24) is 5.32 Å². The molecule has 0 aliphatic heterocycles. The van der Waals surface area contributed by atoms with E-state index in [0.29, 0.717) is 25.7 Å². The number of carbonyl (C=O) groups is 1. The van der Waals surface area contributed by atoms with Crippen LogP contribution in [0.2, 0.25) is 0 Å². The standard InChI is InChI=1S/C14H29NO4/c1-4-6-7-12(5-2)10-19-11-13(16)8-15-9-14(17)18-3/h12-13,15-16H,4-11H2,1-3H3. The van der Waals surface area contributed by atoms with Crippen LogP contribution < -0.4 is 5.32 Å². The Morgan fingerprint density at radius 3 is 2.63 bits per heavy atom. The molecule has 2 N–H and O–H groups in total. The second-order valence-electron chi connectivity index (χ2n) is 4.81. The van der Waals surface area contributed by atoms with Gasteiger partial charge in [0, 0.05) is 13.2 Å². The Balaban J connectivity index is 3.55. The van der Waals surface area contributed by atoms with E-state index >= 15 is 0 Å². The number of unbranched alkanes of at least 4 members (excludes halogenated alkanes) is 1. The van der Waals surface area contributed by atoms with Gasteiger partial charge in [0.05, 0.1) is 26.4 Å². The van der Waals surface area contributed by atoms with E-state index in [0.717, 1.165) is 6.42 Å². The highest BCUT2D eigenvalue weighted by atomic mass is 16.5. The SMILES string of the molecule is CCCCC(CC)COCC(O)CNCC(=O)OC. The fourth-order valence-corrected chi connectivity index (χ4v) is 1.74. The van der Waals surface area contributed by atoms with Gasteiger partial charge in [-0.25, -0.2) is 0 Å². The number of hydrogen-bond donors (Lipinski definition) is 2. The van der Waals surface area contributed by atoms with Crippen LogP contribution in [0, 0.1) is 5.92 Å². The molecule has 0 aliphatic carbocycles. The average Bonchev–Trinajstić information content (AvgIpc) is 2.42. The van der Waals surface area contributed by atoms with Gasteiger partial charge in [0.2, 0.25) is 0 Å². The van der Waals surface area contributed by atoms with E-state index in [1.165, 1.54) is 26.4 Å². The van der Waals surface area contributed by atoms with Crippen molar-refractivity contribution in [3.05, 3.63) is 0 Å². The summed E-state index contributed by atoms with van der Waals surface area (Å²) in [4.78, 5) is 10.8. The number of hydrogen-bond acceptors (Lipinski definition) is 5. The predicted molar refractivity (Wildman–Crippen MR) is 75.0 cm³/mol. The summed E-state index contributed by atoms with van der Waals surface area (Å²) in [5.41, 5.74) is 0. The Labute approximate surface area is 116 Å². The van der Waals surface area contributed by atoms with Gasteiger partial charge in [-0.2, -0.15) is 0 Å². The fourth-order valence-electron chi connectivity index (χ4n) is 1.74. The molecule has 5 nitrogen and oxygen atoms in total. The normalized spacial score (nSPS) is 14.1. The van der Waals surface area contributed by atoms with Gasteiger partial charge in [-0.3, -0.25) is 4.79 Å². The highest BCUT2D eigenvalue weighted by Gasteiger charge is 2.09. The molecule has 5 heteroatoms. The summed E-state index contributed by atoms with van der Waals surface area (Å²) in [5, 5.41) is 12.5. The molecule has 2 unspecified atom stereocenters. The molecule has 0 radical (unpaired) electrons. The Hall–Kier alpha value is -0.650. The third kappa shape index (κ3) is 10.9. The summed E-state index contributed by atoms with van der Waals surface area (Å²) in [6, 6.07) is 0. The summed E-state index contributed by atoms with van der Waals surface area (Å²) in [6.45, 7) is 5.80. The van der Waals surface area contributed by atoms with Crippen molar-refractivity contribution >= 4 is 5.97 Å². The molecule has 0 aromatic heterocycles. The molecule has 0 saturated carbocycles. The molecule has 0 bridgehead atoms. The zero-order valence-corrected chi connectivity index (χ0v) is 12.5. The Morgan fingerprint density at radius 1 is 1.32 bits per heavy atom. The molecule has 0 saturated heterocycles. The maximum Gasteiger partial charge on any atom is 0.319 e.